The van der Waals surface area contributed by atoms with Gasteiger partial charge in [-0.3, -0.25) is 19.2 Å². The van der Waals surface area contributed by atoms with Crippen LogP contribution in [0.4, 0.5) is 0 Å². The third-order valence-electron chi connectivity index (χ3n) is 2.81. The lowest BCUT2D eigenvalue weighted by atomic mass is 10.2. The summed E-state index contributed by atoms with van der Waals surface area (Å²) in [5.41, 5.74) is 5.38. The van der Waals surface area contributed by atoms with Crippen LogP contribution in [0.5, 0.6) is 0 Å². The molecule has 4 unspecified atom stereocenters. The maximum atomic E-state index is 11.8. The molecule has 23 heavy (non-hydrogen) atoms. The molecule has 0 aromatic heterocycles. The third kappa shape index (κ3) is 7.81. The van der Waals surface area contributed by atoms with E-state index < -0.39 is 54.5 Å². The number of nitrogens with one attached hydrogen (secondary N) is 3. The van der Waals surface area contributed by atoms with Gasteiger partial charge in [-0.1, -0.05) is 0 Å². The number of nitrogens with two attached hydrogens (primary N) is 1. The number of carboxylic acid groups (broad SMARTS) is 1. The molecule has 4 atom stereocenters. The Hall–Kier alpha value is -1.85. The molecule has 0 aliphatic heterocycles. The number of thiol groups is 1. The number of rotatable bonds is 9. The predicted molar refractivity (Wildman–Crippen MR) is 83.7 cm³/mol. The fourth-order valence-electron chi connectivity index (χ4n) is 1.32. The first-order valence-electron chi connectivity index (χ1n) is 6.74. The Morgan fingerprint density at radius 1 is 1.13 bits per heavy atom. The van der Waals surface area contributed by atoms with Crippen LogP contribution in [0.1, 0.15) is 13.8 Å². The second-order valence-corrected chi connectivity index (χ2v) is 5.22. The number of aliphatic carboxylic acids is 1. The molecule has 7 N–H and O–H groups in total. The first kappa shape index (κ1) is 21.1. The van der Waals surface area contributed by atoms with Crippen LogP contribution in [0.15, 0.2) is 0 Å². The van der Waals surface area contributed by atoms with Crippen molar-refractivity contribution in [1.82, 2.24) is 16.0 Å². The minimum absolute atomic E-state index is 0.0644. The zero-order valence-electron chi connectivity index (χ0n) is 12.8. The molecular formula is C12H22N4O6S. The molecule has 0 bridgehead atoms. The van der Waals surface area contributed by atoms with E-state index in [-0.39, 0.29) is 5.75 Å². The van der Waals surface area contributed by atoms with E-state index in [0.29, 0.717) is 0 Å². The van der Waals surface area contributed by atoms with Gasteiger partial charge in [0, 0.05) is 5.75 Å². The zero-order chi connectivity index (χ0) is 18.2. The Labute approximate surface area is 138 Å². The van der Waals surface area contributed by atoms with Crippen molar-refractivity contribution in [3.63, 3.8) is 0 Å². The molecule has 10 nitrogen and oxygen atoms in total. The third-order valence-corrected chi connectivity index (χ3v) is 3.17. The van der Waals surface area contributed by atoms with Gasteiger partial charge in [0.05, 0.1) is 12.6 Å². The van der Waals surface area contributed by atoms with Crippen molar-refractivity contribution >= 4 is 36.3 Å². The quantitative estimate of drug-likeness (QED) is 0.215. The highest BCUT2D eigenvalue weighted by Gasteiger charge is 2.24. The van der Waals surface area contributed by atoms with Gasteiger partial charge < -0.3 is 31.9 Å². The van der Waals surface area contributed by atoms with Crippen LogP contribution in [-0.4, -0.2) is 70.4 Å². The van der Waals surface area contributed by atoms with Crippen molar-refractivity contribution in [2.24, 2.45) is 5.73 Å². The van der Waals surface area contributed by atoms with Crippen LogP contribution >= 0.6 is 12.6 Å². The minimum Gasteiger partial charge on any atom is -0.480 e. The van der Waals surface area contributed by atoms with Gasteiger partial charge in [-0.05, 0) is 13.8 Å². The van der Waals surface area contributed by atoms with Crippen LogP contribution in [-0.2, 0) is 19.2 Å². The summed E-state index contributed by atoms with van der Waals surface area (Å²) in [6.45, 7) is 2.15. The molecule has 0 saturated carbocycles. The predicted octanol–water partition coefficient (Wildman–Crippen LogP) is -3.19. The van der Waals surface area contributed by atoms with Crippen molar-refractivity contribution in [2.75, 3.05) is 12.3 Å². The summed E-state index contributed by atoms with van der Waals surface area (Å²) in [4.78, 5) is 45.6. The number of carbonyl (C=O) groups excluding carboxylic acids is 3. The Kier molecular flexibility index (Phi) is 9.22. The van der Waals surface area contributed by atoms with Gasteiger partial charge in [0.1, 0.15) is 18.1 Å². The van der Waals surface area contributed by atoms with Crippen molar-refractivity contribution in [3.8, 4) is 0 Å². The Morgan fingerprint density at radius 3 is 2.13 bits per heavy atom. The van der Waals surface area contributed by atoms with E-state index in [0.717, 1.165) is 0 Å². The van der Waals surface area contributed by atoms with Gasteiger partial charge in [0.15, 0.2) is 0 Å². The molecule has 0 heterocycles. The summed E-state index contributed by atoms with van der Waals surface area (Å²) in [6.07, 6.45) is -1.08. The van der Waals surface area contributed by atoms with Gasteiger partial charge in [0.2, 0.25) is 17.7 Å². The number of carboxylic acids is 1. The molecule has 132 valence electrons. The maximum Gasteiger partial charge on any atom is 0.325 e. The standard InChI is InChI=1S/C12H22N4O6S/c1-5(12(21)22)15-10(19)7(4-23)16-8(18)3-14-11(20)9(13)6(2)17/h5-7,9,17,23H,3-4,13H2,1-2H3,(H,14,20)(H,15,19)(H,16,18)(H,21,22). The van der Waals surface area contributed by atoms with E-state index in [4.69, 9.17) is 15.9 Å². The highest BCUT2D eigenvalue weighted by Crippen LogP contribution is 1.92. The average molecular weight is 350 g/mol. The summed E-state index contributed by atoms with van der Waals surface area (Å²) >= 11 is 3.91. The van der Waals surface area contributed by atoms with Gasteiger partial charge in [-0.2, -0.15) is 12.6 Å². The largest absolute Gasteiger partial charge is 0.480 e. The van der Waals surface area contributed by atoms with Crippen molar-refractivity contribution in [2.45, 2.75) is 38.1 Å². The molecule has 0 rings (SSSR count). The topological polar surface area (TPSA) is 171 Å². The van der Waals surface area contributed by atoms with Gasteiger partial charge in [0.25, 0.3) is 0 Å². The van der Waals surface area contributed by atoms with Gasteiger partial charge in [-0.15, -0.1) is 0 Å². The molecule has 0 saturated heterocycles. The molecule has 11 heteroatoms. The first-order valence-corrected chi connectivity index (χ1v) is 7.38. The fraction of sp³-hybridized carbons (Fsp3) is 0.667. The molecule has 0 radical (unpaired) electrons. The van der Waals surface area contributed by atoms with E-state index in [2.05, 4.69) is 28.6 Å². The number of aliphatic hydroxyl groups excluding tert-OH is 1. The van der Waals surface area contributed by atoms with Crippen LogP contribution in [0.2, 0.25) is 0 Å². The van der Waals surface area contributed by atoms with E-state index in [1.807, 2.05) is 0 Å². The van der Waals surface area contributed by atoms with Crippen LogP contribution in [0.3, 0.4) is 0 Å². The van der Waals surface area contributed by atoms with Crippen LogP contribution in [0.25, 0.3) is 0 Å². The highest BCUT2D eigenvalue weighted by atomic mass is 32.1. The Balaban J connectivity index is 4.42. The molecule has 0 aliphatic rings. The van der Waals surface area contributed by atoms with Gasteiger partial charge >= 0.3 is 5.97 Å². The zero-order valence-corrected chi connectivity index (χ0v) is 13.7. The van der Waals surface area contributed by atoms with Gasteiger partial charge in [-0.25, -0.2) is 0 Å². The van der Waals surface area contributed by atoms with Crippen LogP contribution in [0, 0.1) is 0 Å². The second-order valence-electron chi connectivity index (χ2n) is 4.86. The van der Waals surface area contributed by atoms with E-state index >= 15 is 0 Å². The fourth-order valence-corrected chi connectivity index (χ4v) is 1.58. The van der Waals surface area contributed by atoms with Crippen LogP contribution < -0.4 is 21.7 Å². The summed E-state index contributed by atoms with van der Waals surface area (Å²) in [5.74, 6) is -3.41. The SMILES string of the molecule is CC(NC(=O)C(CS)NC(=O)CNC(=O)C(N)C(C)O)C(=O)O. The smallest absolute Gasteiger partial charge is 0.325 e. The number of carbonyl (C=O) groups is 4. The number of aliphatic hydroxyl groups is 1. The second kappa shape index (κ2) is 10.0. The van der Waals surface area contributed by atoms with Crippen molar-refractivity contribution in [3.05, 3.63) is 0 Å². The minimum atomic E-state index is -1.22. The lowest BCUT2D eigenvalue weighted by molar-refractivity contribution is -0.141. The normalized spacial score (nSPS) is 15.7. The van der Waals surface area contributed by atoms with Crippen molar-refractivity contribution in [1.29, 1.82) is 0 Å². The monoisotopic (exact) mass is 350 g/mol. The molecule has 0 aliphatic carbocycles. The van der Waals surface area contributed by atoms with E-state index in [1.165, 1.54) is 13.8 Å². The number of hydrogen-bond donors (Lipinski definition) is 7. The first-order chi connectivity index (χ1) is 10.6. The summed E-state index contributed by atoms with van der Waals surface area (Å²) < 4.78 is 0. The summed E-state index contributed by atoms with van der Waals surface area (Å²) in [5, 5.41) is 24.5. The lowest BCUT2D eigenvalue weighted by Crippen LogP contribution is -2.54. The summed E-state index contributed by atoms with van der Waals surface area (Å²) in [7, 11) is 0. The summed E-state index contributed by atoms with van der Waals surface area (Å²) in [6, 6.07) is -3.36. The molecule has 0 spiro atoms. The number of hydrogen-bond acceptors (Lipinski definition) is 7. The lowest BCUT2D eigenvalue weighted by Gasteiger charge is -2.19. The molecule has 0 fully saturated rings. The molecular weight excluding hydrogens is 328 g/mol. The Morgan fingerprint density at radius 2 is 1.70 bits per heavy atom. The molecule has 3 amide bonds. The highest BCUT2D eigenvalue weighted by molar-refractivity contribution is 7.80. The molecule has 0 aromatic carbocycles. The van der Waals surface area contributed by atoms with Crippen molar-refractivity contribution < 1.29 is 29.4 Å². The maximum absolute atomic E-state index is 11.8. The molecule has 0 aromatic rings. The van der Waals surface area contributed by atoms with E-state index in [9.17, 15) is 19.2 Å². The average Bonchev–Trinajstić information content (AvgIpc) is 2.48. The number of amides is 3. The Bertz CT molecular complexity index is 459. The van der Waals surface area contributed by atoms with E-state index in [1.54, 1.807) is 0 Å².